The maximum atomic E-state index is 12.8. The zero-order chi connectivity index (χ0) is 14.6. The summed E-state index contributed by atoms with van der Waals surface area (Å²) in [4.78, 5) is 25.6. The van der Waals surface area contributed by atoms with Crippen LogP contribution in [0.25, 0.3) is 0 Å². The number of benzene rings is 2. The van der Waals surface area contributed by atoms with Gasteiger partial charge < -0.3 is 0 Å². The van der Waals surface area contributed by atoms with Gasteiger partial charge in [-0.25, -0.2) is 0 Å². The molecule has 2 aliphatic rings. The lowest BCUT2D eigenvalue weighted by molar-refractivity contribution is 0.0978. The van der Waals surface area contributed by atoms with Gasteiger partial charge >= 0.3 is 0 Å². The number of alkyl halides is 1. The molecular weight excluding hydrogens is 328 g/mol. The molecular formula is C18H13BrO2. The molecule has 3 heteroatoms. The van der Waals surface area contributed by atoms with Crippen LogP contribution in [0.1, 0.15) is 55.0 Å². The van der Waals surface area contributed by atoms with Gasteiger partial charge in [0.2, 0.25) is 0 Å². The molecule has 0 saturated heterocycles. The van der Waals surface area contributed by atoms with Crippen molar-refractivity contribution in [3.05, 3.63) is 69.3 Å². The van der Waals surface area contributed by atoms with Crippen LogP contribution in [-0.4, -0.2) is 11.6 Å². The SMILES string of the molecule is O=C1c2ccccc2C(=O)c2c1cc(CBr)c1c2CCC1. The minimum atomic E-state index is -0.0166. The summed E-state index contributed by atoms with van der Waals surface area (Å²) in [5, 5.41) is 0.728. The van der Waals surface area contributed by atoms with Gasteiger partial charge in [-0.05, 0) is 42.0 Å². The lowest BCUT2D eigenvalue weighted by Gasteiger charge is -2.21. The highest BCUT2D eigenvalue weighted by molar-refractivity contribution is 9.08. The second kappa shape index (κ2) is 4.63. The third-order valence-electron chi connectivity index (χ3n) is 4.53. The van der Waals surface area contributed by atoms with Crippen LogP contribution in [0.5, 0.6) is 0 Å². The van der Waals surface area contributed by atoms with E-state index in [2.05, 4.69) is 15.9 Å². The highest BCUT2D eigenvalue weighted by atomic mass is 79.9. The van der Waals surface area contributed by atoms with Crippen molar-refractivity contribution < 1.29 is 9.59 Å². The minimum Gasteiger partial charge on any atom is -0.289 e. The van der Waals surface area contributed by atoms with Crippen molar-refractivity contribution in [2.75, 3.05) is 0 Å². The van der Waals surface area contributed by atoms with Gasteiger partial charge in [-0.2, -0.15) is 0 Å². The molecule has 2 aromatic rings. The van der Waals surface area contributed by atoms with Gasteiger partial charge in [0.15, 0.2) is 11.6 Å². The van der Waals surface area contributed by atoms with Crippen LogP contribution in [0.3, 0.4) is 0 Å². The van der Waals surface area contributed by atoms with Crippen LogP contribution in [0.15, 0.2) is 30.3 Å². The summed E-state index contributed by atoms with van der Waals surface area (Å²) in [6.45, 7) is 0. The molecule has 0 N–H and O–H groups in total. The number of fused-ring (bicyclic) bond motifs is 4. The number of hydrogen-bond donors (Lipinski definition) is 0. The maximum Gasteiger partial charge on any atom is 0.194 e. The molecule has 2 aromatic carbocycles. The lowest BCUT2D eigenvalue weighted by Crippen LogP contribution is -2.23. The summed E-state index contributed by atoms with van der Waals surface area (Å²) in [6, 6.07) is 9.07. The Labute approximate surface area is 131 Å². The zero-order valence-corrected chi connectivity index (χ0v) is 13.0. The molecule has 4 rings (SSSR count). The smallest absolute Gasteiger partial charge is 0.194 e. The van der Waals surface area contributed by atoms with Crippen LogP contribution in [0.2, 0.25) is 0 Å². The van der Waals surface area contributed by atoms with Crippen LogP contribution in [0.4, 0.5) is 0 Å². The molecule has 0 fully saturated rings. The molecule has 0 spiro atoms. The first-order valence-electron chi connectivity index (χ1n) is 7.14. The Morgan fingerprint density at radius 1 is 0.905 bits per heavy atom. The fourth-order valence-electron chi connectivity index (χ4n) is 3.59. The highest BCUT2D eigenvalue weighted by Gasteiger charge is 2.34. The molecule has 0 unspecified atom stereocenters. The van der Waals surface area contributed by atoms with E-state index >= 15 is 0 Å². The summed E-state index contributed by atoms with van der Waals surface area (Å²) >= 11 is 3.51. The Morgan fingerprint density at radius 2 is 1.57 bits per heavy atom. The van der Waals surface area contributed by atoms with E-state index in [-0.39, 0.29) is 11.6 Å². The van der Waals surface area contributed by atoms with Gasteiger partial charge in [0.05, 0.1) is 0 Å². The average Bonchev–Trinajstić information content (AvgIpc) is 3.00. The Kier molecular flexibility index (Phi) is 2.86. The molecule has 0 heterocycles. The van der Waals surface area contributed by atoms with Gasteiger partial charge in [0, 0.05) is 27.6 Å². The van der Waals surface area contributed by atoms with Crippen molar-refractivity contribution in [1.82, 2.24) is 0 Å². The first-order chi connectivity index (χ1) is 10.2. The fraction of sp³-hybridized carbons (Fsp3) is 0.222. The monoisotopic (exact) mass is 340 g/mol. The number of carbonyl (C=O) groups excluding carboxylic acids is 2. The molecule has 21 heavy (non-hydrogen) atoms. The summed E-state index contributed by atoms with van der Waals surface area (Å²) in [5.74, 6) is -0.00317. The molecule has 0 aromatic heterocycles. The van der Waals surface area contributed by atoms with E-state index in [1.807, 2.05) is 18.2 Å². The number of carbonyl (C=O) groups is 2. The van der Waals surface area contributed by atoms with E-state index in [4.69, 9.17) is 0 Å². The maximum absolute atomic E-state index is 12.8. The van der Waals surface area contributed by atoms with E-state index in [0.29, 0.717) is 22.3 Å². The summed E-state index contributed by atoms with van der Waals surface area (Å²) in [7, 11) is 0. The van der Waals surface area contributed by atoms with Crippen molar-refractivity contribution in [2.24, 2.45) is 0 Å². The van der Waals surface area contributed by atoms with Gasteiger partial charge in [0.1, 0.15) is 0 Å². The first-order valence-corrected chi connectivity index (χ1v) is 8.26. The summed E-state index contributed by atoms with van der Waals surface area (Å²) in [5.41, 5.74) is 5.87. The Balaban J connectivity index is 2.06. The molecule has 0 atom stereocenters. The number of hydrogen-bond acceptors (Lipinski definition) is 2. The van der Waals surface area contributed by atoms with Gasteiger partial charge in [-0.3, -0.25) is 9.59 Å². The number of halogens is 1. The van der Waals surface area contributed by atoms with Crippen molar-refractivity contribution in [3.8, 4) is 0 Å². The van der Waals surface area contributed by atoms with Crippen molar-refractivity contribution in [3.63, 3.8) is 0 Å². The van der Waals surface area contributed by atoms with E-state index in [1.165, 1.54) is 5.56 Å². The molecule has 0 amide bonds. The molecule has 0 bridgehead atoms. The molecule has 0 aliphatic heterocycles. The molecule has 0 radical (unpaired) electrons. The summed E-state index contributed by atoms with van der Waals surface area (Å²) < 4.78 is 0. The summed E-state index contributed by atoms with van der Waals surface area (Å²) in [6.07, 6.45) is 2.97. The van der Waals surface area contributed by atoms with Crippen LogP contribution in [0, 0.1) is 0 Å². The lowest BCUT2D eigenvalue weighted by atomic mass is 9.80. The number of ketones is 2. The topological polar surface area (TPSA) is 34.1 Å². The van der Waals surface area contributed by atoms with Crippen molar-refractivity contribution in [2.45, 2.75) is 24.6 Å². The van der Waals surface area contributed by atoms with Crippen LogP contribution in [-0.2, 0) is 18.2 Å². The van der Waals surface area contributed by atoms with Crippen molar-refractivity contribution >= 4 is 27.5 Å². The van der Waals surface area contributed by atoms with Crippen molar-refractivity contribution in [1.29, 1.82) is 0 Å². The predicted octanol–water partition coefficient (Wildman–Crippen LogP) is 3.85. The third-order valence-corrected chi connectivity index (χ3v) is 5.13. The van der Waals surface area contributed by atoms with E-state index in [1.54, 1.807) is 12.1 Å². The number of rotatable bonds is 1. The van der Waals surface area contributed by atoms with Crippen LogP contribution >= 0.6 is 15.9 Å². The highest BCUT2D eigenvalue weighted by Crippen LogP contribution is 2.37. The normalized spacial score (nSPS) is 15.7. The van der Waals surface area contributed by atoms with Crippen LogP contribution < -0.4 is 0 Å². The zero-order valence-electron chi connectivity index (χ0n) is 11.4. The first kappa shape index (κ1) is 13.0. The largest absolute Gasteiger partial charge is 0.289 e. The van der Waals surface area contributed by atoms with E-state index in [9.17, 15) is 9.59 Å². The quantitative estimate of drug-likeness (QED) is 0.630. The van der Waals surface area contributed by atoms with Gasteiger partial charge in [-0.15, -0.1) is 0 Å². The van der Waals surface area contributed by atoms with Gasteiger partial charge in [0.25, 0.3) is 0 Å². The Hall–Kier alpha value is -1.74. The minimum absolute atomic E-state index is 0.0134. The standard InChI is InChI=1S/C18H13BrO2/c19-9-10-8-15-16(12-7-3-6-11(10)12)18(21)14-5-2-1-4-13(14)17(15)20/h1-2,4-5,8H,3,6-7,9H2. The molecule has 2 nitrogen and oxygen atoms in total. The third kappa shape index (κ3) is 1.70. The van der Waals surface area contributed by atoms with E-state index in [0.717, 1.165) is 35.7 Å². The second-order valence-electron chi connectivity index (χ2n) is 5.61. The average molecular weight is 341 g/mol. The molecule has 0 saturated carbocycles. The molecule has 104 valence electrons. The molecule has 2 aliphatic carbocycles. The predicted molar refractivity (Wildman–Crippen MR) is 84.4 cm³/mol. The fourth-order valence-corrected chi connectivity index (χ4v) is 4.09. The van der Waals surface area contributed by atoms with E-state index < -0.39 is 0 Å². The Morgan fingerprint density at radius 3 is 2.29 bits per heavy atom. The second-order valence-corrected chi connectivity index (χ2v) is 6.17. The Bertz CT molecular complexity index is 805. The van der Waals surface area contributed by atoms with Gasteiger partial charge in [-0.1, -0.05) is 40.2 Å².